The molecule has 0 aliphatic heterocycles. The molecule has 2 aromatic rings. The Morgan fingerprint density at radius 1 is 1.44 bits per heavy atom. The lowest BCUT2D eigenvalue weighted by Gasteiger charge is -2.16. The lowest BCUT2D eigenvalue weighted by Crippen LogP contribution is -2.19. The first-order valence-corrected chi connectivity index (χ1v) is 5.70. The highest BCUT2D eigenvalue weighted by atomic mass is 19.1. The number of carbonyl (C=O) groups is 1. The summed E-state index contributed by atoms with van der Waals surface area (Å²) >= 11 is 0. The van der Waals surface area contributed by atoms with Crippen molar-refractivity contribution in [1.82, 2.24) is 5.16 Å². The zero-order chi connectivity index (χ0) is 13.3. The molecule has 2 rings (SSSR count). The molecule has 1 heterocycles. The van der Waals surface area contributed by atoms with Crippen molar-refractivity contribution in [2.24, 2.45) is 5.41 Å². The minimum atomic E-state index is -0.392. The van der Waals surface area contributed by atoms with Gasteiger partial charge in [0, 0.05) is 6.42 Å². The third kappa shape index (κ3) is 2.85. The summed E-state index contributed by atoms with van der Waals surface area (Å²) in [4.78, 5) is 11.8. The summed E-state index contributed by atoms with van der Waals surface area (Å²) in [5.74, 6) is -0.294. The predicted octanol–water partition coefficient (Wildman–Crippen LogP) is 3.34. The monoisotopic (exact) mass is 250 g/mol. The number of nitrogens with zero attached hydrogens (tertiary/aromatic N) is 1. The Hall–Kier alpha value is -1.91. The Balaban J connectivity index is 2.22. The molecule has 4 nitrogen and oxygen atoms in total. The number of carbonyl (C=O) groups excluding carboxylic acids is 1. The summed E-state index contributed by atoms with van der Waals surface area (Å²) in [7, 11) is 0. The van der Waals surface area contributed by atoms with Crippen molar-refractivity contribution in [3.63, 3.8) is 0 Å². The van der Waals surface area contributed by atoms with Crippen LogP contribution in [0.4, 0.5) is 10.2 Å². The molecule has 0 atom stereocenters. The average molecular weight is 250 g/mol. The zero-order valence-electron chi connectivity index (χ0n) is 10.6. The number of hydrogen-bond acceptors (Lipinski definition) is 3. The highest BCUT2D eigenvalue weighted by molar-refractivity contribution is 5.98. The first kappa shape index (κ1) is 12.5. The summed E-state index contributed by atoms with van der Waals surface area (Å²) in [6.45, 7) is 5.90. The van der Waals surface area contributed by atoms with E-state index in [2.05, 4.69) is 10.5 Å². The van der Waals surface area contributed by atoms with Crippen LogP contribution in [0.1, 0.15) is 27.2 Å². The molecule has 0 aliphatic rings. The fourth-order valence-corrected chi connectivity index (χ4v) is 1.66. The van der Waals surface area contributed by atoms with Crippen LogP contribution in [0.5, 0.6) is 0 Å². The predicted molar refractivity (Wildman–Crippen MR) is 66.7 cm³/mol. The number of fused-ring (bicyclic) bond motifs is 1. The number of hydrogen-bond donors (Lipinski definition) is 1. The summed E-state index contributed by atoms with van der Waals surface area (Å²) < 4.78 is 18.1. The topological polar surface area (TPSA) is 55.1 Å². The van der Waals surface area contributed by atoms with Crippen LogP contribution in [-0.2, 0) is 4.79 Å². The van der Waals surface area contributed by atoms with E-state index in [-0.39, 0.29) is 17.1 Å². The second kappa shape index (κ2) is 4.40. The first-order valence-electron chi connectivity index (χ1n) is 5.70. The van der Waals surface area contributed by atoms with E-state index < -0.39 is 5.82 Å². The Morgan fingerprint density at radius 3 is 2.83 bits per heavy atom. The highest BCUT2D eigenvalue weighted by Crippen LogP contribution is 2.25. The normalized spacial score (nSPS) is 11.8. The molecular weight excluding hydrogens is 235 g/mol. The van der Waals surface area contributed by atoms with Crippen LogP contribution in [0.15, 0.2) is 22.7 Å². The number of halogens is 1. The average Bonchev–Trinajstić information content (AvgIpc) is 2.58. The number of rotatable bonds is 2. The number of aromatic nitrogens is 1. The zero-order valence-corrected chi connectivity index (χ0v) is 10.6. The molecule has 0 spiro atoms. The Labute approximate surface area is 104 Å². The van der Waals surface area contributed by atoms with Crippen molar-refractivity contribution in [3.8, 4) is 0 Å². The third-order valence-corrected chi connectivity index (χ3v) is 2.38. The summed E-state index contributed by atoms with van der Waals surface area (Å²) in [6.07, 6.45) is 0.358. The number of nitrogens with one attached hydrogen (secondary N) is 1. The van der Waals surface area contributed by atoms with Crippen LogP contribution < -0.4 is 5.32 Å². The highest BCUT2D eigenvalue weighted by Gasteiger charge is 2.18. The van der Waals surface area contributed by atoms with E-state index in [1.165, 1.54) is 18.2 Å². The van der Waals surface area contributed by atoms with Gasteiger partial charge >= 0.3 is 0 Å². The van der Waals surface area contributed by atoms with Crippen LogP contribution in [-0.4, -0.2) is 11.1 Å². The van der Waals surface area contributed by atoms with Gasteiger partial charge in [0.05, 0.1) is 5.39 Å². The van der Waals surface area contributed by atoms with Crippen molar-refractivity contribution in [3.05, 3.63) is 24.0 Å². The minimum Gasteiger partial charge on any atom is -0.354 e. The molecule has 0 aliphatic carbocycles. The number of amides is 1. The lowest BCUT2D eigenvalue weighted by molar-refractivity contribution is -0.117. The third-order valence-electron chi connectivity index (χ3n) is 2.38. The quantitative estimate of drug-likeness (QED) is 0.889. The molecule has 0 saturated carbocycles. The minimum absolute atomic E-state index is 0.116. The van der Waals surface area contributed by atoms with E-state index in [1.807, 2.05) is 20.8 Å². The molecule has 5 heteroatoms. The van der Waals surface area contributed by atoms with E-state index in [9.17, 15) is 9.18 Å². The fourth-order valence-electron chi connectivity index (χ4n) is 1.66. The number of anilines is 1. The number of benzene rings is 1. The van der Waals surface area contributed by atoms with Gasteiger partial charge in [0.1, 0.15) is 5.82 Å². The molecule has 1 aromatic heterocycles. The molecule has 96 valence electrons. The Bertz CT molecular complexity index is 584. The molecule has 18 heavy (non-hydrogen) atoms. The van der Waals surface area contributed by atoms with Crippen LogP contribution >= 0.6 is 0 Å². The summed E-state index contributed by atoms with van der Waals surface area (Å²) in [6, 6.07) is 4.06. The summed E-state index contributed by atoms with van der Waals surface area (Å²) in [5.41, 5.74) is 0.331. The van der Waals surface area contributed by atoms with Gasteiger partial charge in [-0.25, -0.2) is 4.39 Å². The van der Waals surface area contributed by atoms with Crippen LogP contribution in [0, 0.1) is 11.2 Å². The SMILES string of the molecule is CC(C)(C)CC(=O)Nc1noc2ccc(F)cc12. The molecule has 0 saturated heterocycles. The Morgan fingerprint density at radius 2 is 2.17 bits per heavy atom. The van der Waals surface area contributed by atoms with Crippen molar-refractivity contribution < 1.29 is 13.7 Å². The van der Waals surface area contributed by atoms with E-state index >= 15 is 0 Å². The first-order chi connectivity index (χ1) is 8.35. The van der Waals surface area contributed by atoms with E-state index in [1.54, 1.807) is 0 Å². The molecule has 1 aromatic carbocycles. The van der Waals surface area contributed by atoms with Crippen molar-refractivity contribution in [1.29, 1.82) is 0 Å². The van der Waals surface area contributed by atoms with Gasteiger partial charge in [-0.1, -0.05) is 25.9 Å². The van der Waals surface area contributed by atoms with Crippen molar-refractivity contribution in [2.45, 2.75) is 27.2 Å². The van der Waals surface area contributed by atoms with Gasteiger partial charge in [-0.2, -0.15) is 0 Å². The maximum absolute atomic E-state index is 13.1. The largest absolute Gasteiger partial charge is 0.354 e. The molecule has 0 radical (unpaired) electrons. The lowest BCUT2D eigenvalue weighted by atomic mass is 9.92. The van der Waals surface area contributed by atoms with Crippen molar-refractivity contribution >= 4 is 22.7 Å². The summed E-state index contributed by atoms with van der Waals surface area (Å²) in [5, 5.41) is 6.84. The molecule has 0 unspecified atom stereocenters. The van der Waals surface area contributed by atoms with Gasteiger partial charge in [0.15, 0.2) is 11.4 Å². The smallest absolute Gasteiger partial charge is 0.226 e. The van der Waals surface area contributed by atoms with Gasteiger partial charge < -0.3 is 9.84 Å². The van der Waals surface area contributed by atoms with Gasteiger partial charge in [-0.3, -0.25) is 4.79 Å². The molecule has 0 fully saturated rings. The molecular formula is C13H15FN2O2. The maximum Gasteiger partial charge on any atom is 0.226 e. The van der Waals surface area contributed by atoms with Gasteiger partial charge in [-0.15, -0.1) is 0 Å². The van der Waals surface area contributed by atoms with Crippen LogP contribution in [0.25, 0.3) is 11.0 Å². The second-order valence-electron chi connectivity index (χ2n) is 5.46. The maximum atomic E-state index is 13.1. The van der Waals surface area contributed by atoms with E-state index in [4.69, 9.17) is 4.52 Å². The van der Waals surface area contributed by atoms with Crippen LogP contribution in [0.3, 0.4) is 0 Å². The fraction of sp³-hybridized carbons (Fsp3) is 0.385. The molecule has 1 amide bonds. The van der Waals surface area contributed by atoms with Crippen molar-refractivity contribution in [2.75, 3.05) is 5.32 Å². The second-order valence-corrected chi connectivity index (χ2v) is 5.46. The van der Waals surface area contributed by atoms with Gasteiger partial charge in [0.2, 0.25) is 5.91 Å². The Kier molecular flexibility index (Phi) is 3.07. The standard InChI is InChI=1S/C13H15FN2O2/c1-13(2,3)7-11(17)15-12-9-6-8(14)4-5-10(9)18-16-12/h4-6H,7H2,1-3H3,(H,15,16,17). The van der Waals surface area contributed by atoms with E-state index in [0.29, 0.717) is 17.4 Å². The van der Waals surface area contributed by atoms with Gasteiger partial charge in [0.25, 0.3) is 0 Å². The van der Waals surface area contributed by atoms with Gasteiger partial charge in [-0.05, 0) is 23.6 Å². The molecule has 0 bridgehead atoms. The molecule has 1 N–H and O–H groups in total. The van der Waals surface area contributed by atoms with E-state index in [0.717, 1.165) is 0 Å². The van der Waals surface area contributed by atoms with Crippen LogP contribution in [0.2, 0.25) is 0 Å².